The molecule has 0 bridgehead atoms. The van der Waals surface area contributed by atoms with Gasteiger partial charge in [-0.2, -0.15) is 0 Å². The van der Waals surface area contributed by atoms with Crippen LogP contribution >= 0.6 is 95.6 Å². The Hall–Kier alpha value is 1.44. The second-order valence-electron chi connectivity index (χ2n) is 3.23. The molecule has 98 valence electrons. The molecule has 1 rings (SSSR count). The molecule has 0 aliphatic carbocycles. The fraction of sp³-hybridized carbons (Fsp3) is 0.200. The molecule has 8 heteroatoms. The van der Waals surface area contributed by atoms with Crippen LogP contribution in [-0.2, 0) is 0 Å². The maximum atomic E-state index is 11.9. The van der Waals surface area contributed by atoms with E-state index in [1.54, 1.807) is 24.3 Å². The molecule has 18 heavy (non-hydrogen) atoms. The Bertz CT molecular complexity index is 424. The molecule has 1 aromatic rings. The standard InChI is InChI=1S/C10H4Br6O2/c11-9(12,13)7(17)5-1-2-6(4-3-5)8(18)10(14,15)16/h1-4H. The number of alkyl halides is 6. The van der Waals surface area contributed by atoms with E-state index in [-0.39, 0.29) is 11.6 Å². The molecule has 0 aromatic heterocycles. The molecule has 1 aromatic carbocycles. The number of ketones is 2. The summed E-state index contributed by atoms with van der Waals surface area (Å²) in [4.78, 5) is 23.8. The third kappa shape index (κ3) is 4.77. The zero-order chi connectivity index (χ0) is 14.1. The van der Waals surface area contributed by atoms with Crippen LogP contribution in [0.15, 0.2) is 24.3 Å². The SMILES string of the molecule is O=C(c1ccc(C(=O)C(Br)(Br)Br)cc1)C(Br)(Br)Br. The number of Topliss-reactive ketones (excluding diaryl/α,β-unsaturated/α-hetero) is 2. The van der Waals surface area contributed by atoms with E-state index in [0.717, 1.165) is 0 Å². The number of carbonyl (C=O) groups is 2. The summed E-state index contributed by atoms with van der Waals surface area (Å²) in [5, 5.41) is 0. The summed E-state index contributed by atoms with van der Waals surface area (Å²) in [6, 6.07) is 6.36. The first-order valence-electron chi connectivity index (χ1n) is 4.36. The van der Waals surface area contributed by atoms with Gasteiger partial charge in [-0.1, -0.05) is 120 Å². The van der Waals surface area contributed by atoms with Gasteiger partial charge in [-0.3, -0.25) is 9.59 Å². The van der Waals surface area contributed by atoms with E-state index in [2.05, 4.69) is 95.6 Å². The summed E-state index contributed by atoms with van der Waals surface area (Å²) in [6.07, 6.45) is 0. The summed E-state index contributed by atoms with van der Waals surface area (Å²) in [6.45, 7) is 0. The molecule has 0 N–H and O–H groups in total. The van der Waals surface area contributed by atoms with Crippen LogP contribution in [0.5, 0.6) is 0 Å². The van der Waals surface area contributed by atoms with E-state index in [9.17, 15) is 9.59 Å². The van der Waals surface area contributed by atoms with Crippen molar-refractivity contribution in [3.8, 4) is 0 Å². The van der Waals surface area contributed by atoms with Crippen molar-refractivity contribution in [1.82, 2.24) is 0 Å². The van der Waals surface area contributed by atoms with Crippen LogP contribution < -0.4 is 0 Å². The Kier molecular flexibility index (Phi) is 6.29. The molecule has 0 aliphatic heterocycles. The molecule has 2 nitrogen and oxygen atoms in total. The van der Waals surface area contributed by atoms with Crippen molar-refractivity contribution in [1.29, 1.82) is 0 Å². The van der Waals surface area contributed by atoms with E-state index in [4.69, 9.17) is 0 Å². The molecule has 0 fully saturated rings. The van der Waals surface area contributed by atoms with E-state index >= 15 is 0 Å². The van der Waals surface area contributed by atoms with Gasteiger partial charge in [0.25, 0.3) is 0 Å². The lowest BCUT2D eigenvalue weighted by Crippen LogP contribution is -2.19. The lowest BCUT2D eigenvalue weighted by Gasteiger charge is -2.13. The highest BCUT2D eigenvalue weighted by atomic mass is 80.0. The Balaban J connectivity index is 3.01. The van der Waals surface area contributed by atoms with Gasteiger partial charge >= 0.3 is 0 Å². The highest BCUT2D eigenvalue weighted by molar-refractivity contribution is 9.40. The molecule has 0 radical (unpaired) electrons. The summed E-state index contributed by atoms with van der Waals surface area (Å²) in [5.74, 6) is -0.381. The van der Waals surface area contributed by atoms with Crippen LogP contribution in [0, 0.1) is 0 Å². The number of rotatable bonds is 2. The quantitative estimate of drug-likeness (QED) is 0.308. The Labute approximate surface area is 154 Å². The molecule has 0 unspecified atom stereocenters. The predicted octanol–water partition coefficient (Wildman–Crippen LogP) is 5.73. The number of benzene rings is 1. The molecule has 0 saturated carbocycles. The van der Waals surface area contributed by atoms with Gasteiger partial charge in [-0.25, -0.2) is 0 Å². The van der Waals surface area contributed by atoms with Crippen LogP contribution in [-0.4, -0.2) is 15.9 Å². The van der Waals surface area contributed by atoms with Gasteiger partial charge in [0.05, 0.1) is 0 Å². The van der Waals surface area contributed by atoms with Gasteiger partial charge in [0, 0.05) is 11.1 Å². The summed E-state index contributed by atoms with van der Waals surface area (Å²) >= 11 is 18.9. The van der Waals surface area contributed by atoms with E-state index in [0.29, 0.717) is 11.1 Å². The Morgan fingerprint density at radius 3 is 1.06 bits per heavy atom. The molecular formula is C10H4Br6O2. The van der Waals surface area contributed by atoms with Crippen molar-refractivity contribution in [2.75, 3.05) is 0 Å². The largest absolute Gasteiger partial charge is 0.291 e. The predicted molar refractivity (Wildman–Crippen MR) is 94.1 cm³/mol. The third-order valence-electron chi connectivity index (χ3n) is 1.92. The fourth-order valence-electron chi connectivity index (χ4n) is 1.10. The average molecular weight is 636 g/mol. The number of carbonyl (C=O) groups excluding carboxylic acids is 2. The third-order valence-corrected chi connectivity index (χ3v) is 4.08. The van der Waals surface area contributed by atoms with E-state index in [1.807, 2.05) is 0 Å². The van der Waals surface area contributed by atoms with Crippen molar-refractivity contribution in [3.63, 3.8) is 0 Å². The zero-order valence-electron chi connectivity index (χ0n) is 8.39. The van der Waals surface area contributed by atoms with Crippen molar-refractivity contribution in [2.24, 2.45) is 0 Å². The van der Waals surface area contributed by atoms with Gasteiger partial charge < -0.3 is 0 Å². The maximum absolute atomic E-state index is 11.9. The minimum Gasteiger partial charge on any atom is -0.291 e. The number of hydrogen-bond acceptors (Lipinski definition) is 2. The smallest absolute Gasteiger partial charge is 0.201 e. The van der Waals surface area contributed by atoms with Gasteiger partial charge in [0.15, 0.2) is 4.29 Å². The van der Waals surface area contributed by atoms with Crippen LogP contribution in [0.1, 0.15) is 20.7 Å². The van der Waals surface area contributed by atoms with E-state index < -0.39 is 4.29 Å². The molecular weight excluding hydrogens is 632 g/mol. The minimum absolute atomic E-state index is 0.190. The van der Waals surface area contributed by atoms with Crippen molar-refractivity contribution >= 4 is 107 Å². The van der Waals surface area contributed by atoms with Crippen LogP contribution in [0.4, 0.5) is 0 Å². The summed E-state index contributed by atoms with van der Waals surface area (Å²) in [5.41, 5.74) is 0.947. The van der Waals surface area contributed by atoms with Crippen molar-refractivity contribution in [3.05, 3.63) is 35.4 Å². The fourth-order valence-corrected chi connectivity index (χ4v) is 2.47. The zero-order valence-corrected chi connectivity index (χ0v) is 17.9. The summed E-state index contributed by atoms with van der Waals surface area (Å²) in [7, 11) is 0. The van der Waals surface area contributed by atoms with E-state index in [1.165, 1.54) is 0 Å². The minimum atomic E-state index is -0.984. The van der Waals surface area contributed by atoms with Gasteiger partial charge in [-0.15, -0.1) is 0 Å². The lowest BCUT2D eigenvalue weighted by molar-refractivity contribution is 0.0995. The van der Waals surface area contributed by atoms with Crippen LogP contribution in [0.3, 0.4) is 0 Å². The molecule has 0 amide bonds. The first kappa shape index (κ1) is 17.5. The highest BCUT2D eigenvalue weighted by Gasteiger charge is 2.31. The average Bonchev–Trinajstić information content (AvgIpc) is 2.25. The molecule has 0 spiro atoms. The van der Waals surface area contributed by atoms with Crippen LogP contribution in [0.25, 0.3) is 0 Å². The monoisotopic (exact) mass is 630 g/mol. The normalized spacial score (nSPS) is 12.3. The number of halogens is 6. The van der Waals surface area contributed by atoms with Gasteiger partial charge in [0.1, 0.15) is 0 Å². The van der Waals surface area contributed by atoms with Gasteiger partial charge in [-0.05, 0) is 0 Å². The molecule has 0 aliphatic rings. The van der Waals surface area contributed by atoms with Crippen LogP contribution in [0.2, 0.25) is 0 Å². The Morgan fingerprint density at radius 2 is 0.889 bits per heavy atom. The molecule has 0 heterocycles. The first-order valence-corrected chi connectivity index (χ1v) is 9.12. The number of hydrogen-bond donors (Lipinski definition) is 0. The topological polar surface area (TPSA) is 34.1 Å². The van der Waals surface area contributed by atoms with Crippen molar-refractivity contribution in [2.45, 2.75) is 4.29 Å². The molecule has 0 saturated heterocycles. The lowest BCUT2D eigenvalue weighted by atomic mass is 10.1. The second-order valence-corrected chi connectivity index (χ2v) is 16.8. The van der Waals surface area contributed by atoms with Crippen molar-refractivity contribution < 1.29 is 9.59 Å². The highest BCUT2D eigenvalue weighted by Crippen LogP contribution is 2.38. The maximum Gasteiger partial charge on any atom is 0.201 e. The van der Waals surface area contributed by atoms with Gasteiger partial charge in [0.2, 0.25) is 11.6 Å². The second kappa shape index (κ2) is 6.47. The molecule has 0 atom stereocenters. The first-order chi connectivity index (χ1) is 8.03. The summed E-state index contributed by atoms with van der Waals surface area (Å²) < 4.78 is -1.97. The Morgan fingerprint density at radius 1 is 0.667 bits per heavy atom.